The van der Waals surface area contributed by atoms with Gasteiger partial charge in [-0.1, -0.05) is 34.1 Å². The molecule has 3 rings (SSSR count). The zero-order chi connectivity index (χ0) is 12.7. The van der Waals surface area contributed by atoms with E-state index in [1.807, 2.05) is 0 Å². The second kappa shape index (κ2) is 4.73. The van der Waals surface area contributed by atoms with Crippen LogP contribution in [-0.2, 0) is 0 Å². The number of hydrogen-bond donors (Lipinski definition) is 1. The largest absolute Gasteiger partial charge is 0.382 e. The Bertz CT molecular complexity index is 480. The van der Waals surface area contributed by atoms with Crippen LogP contribution in [0.3, 0.4) is 0 Å². The van der Waals surface area contributed by atoms with Gasteiger partial charge in [0.25, 0.3) is 0 Å². The highest BCUT2D eigenvalue weighted by Crippen LogP contribution is 2.45. The summed E-state index contributed by atoms with van der Waals surface area (Å²) in [5.74, 6) is 2.47. The van der Waals surface area contributed by atoms with Crippen molar-refractivity contribution in [1.29, 1.82) is 0 Å². The molecule has 4 atom stereocenters. The van der Waals surface area contributed by atoms with Gasteiger partial charge in [-0.25, -0.2) is 0 Å². The predicted octanol–water partition coefficient (Wildman–Crippen LogP) is 4.77. The maximum atomic E-state index is 3.67. The van der Waals surface area contributed by atoms with Gasteiger partial charge in [0, 0.05) is 16.2 Å². The molecule has 1 nitrogen and oxygen atoms in total. The molecule has 1 fully saturated rings. The number of rotatable bonds is 3. The summed E-state index contributed by atoms with van der Waals surface area (Å²) in [4.78, 5) is 0. The molecule has 4 unspecified atom stereocenters. The van der Waals surface area contributed by atoms with Crippen LogP contribution in [0.15, 0.2) is 34.8 Å². The number of allylic oxidation sites excluding steroid dienone is 2. The smallest absolute Gasteiger partial charge is 0.0353 e. The molecule has 2 heteroatoms. The Balaban J connectivity index is 1.69. The predicted molar refractivity (Wildman–Crippen MR) is 80.8 cm³/mol. The Morgan fingerprint density at radius 2 is 2.11 bits per heavy atom. The van der Waals surface area contributed by atoms with Gasteiger partial charge in [0.05, 0.1) is 0 Å². The molecule has 0 radical (unpaired) electrons. The normalized spacial score (nSPS) is 30.7. The van der Waals surface area contributed by atoms with E-state index < -0.39 is 0 Å². The first kappa shape index (κ1) is 12.3. The first-order valence-corrected chi connectivity index (χ1v) is 7.64. The van der Waals surface area contributed by atoms with Crippen LogP contribution in [0.4, 0.5) is 5.69 Å². The van der Waals surface area contributed by atoms with Crippen LogP contribution in [0, 0.1) is 24.7 Å². The Morgan fingerprint density at radius 1 is 1.28 bits per heavy atom. The highest BCUT2D eigenvalue weighted by Gasteiger charge is 2.38. The molecule has 0 spiro atoms. The lowest BCUT2D eigenvalue weighted by Crippen LogP contribution is -2.28. The summed E-state index contributed by atoms with van der Waals surface area (Å²) < 4.78 is 1.19. The fraction of sp³-hybridized carbons (Fsp3) is 0.500. The molecule has 1 saturated carbocycles. The minimum Gasteiger partial charge on any atom is -0.382 e. The third-order valence-electron chi connectivity index (χ3n) is 4.54. The molecular weight excluding hydrogens is 286 g/mol. The standard InChI is InChI=1S/C16H20BrN/c1-10-3-6-14(9-16(10)17)18-11(2)15-8-12-4-5-13(15)7-12/h3-6,9,11-13,15,18H,7-8H2,1-2H3. The average molecular weight is 306 g/mol. The molecule has 0 saturated heterocycles. The van der Waals surface area contributed by atoms with Crippen LogP contribution in [0.2, 0.25) is 0 Å². The third-order valence-corrected chi connectivity index (χ3v) is 5.39. The molecule has 1 aromatic carbocycles. The van der Waals surface area contributed by atoms with Crippen LogP contribution < -0.4 is 5.32 Å². The second-order valence-electron chi connectivity index (χ2n) is 5.84. The van der Waals surface area contributed by atoms with E-state index in [2.05, 4.69) is 65.4 Å². The average Bonchev–Trinajstić information content (AvgIpc) is 2.96. The molecular formula is C16H20BrN. The van der Waals surface area contributed by atoms with Crippen molar-refractivity contribution in [2.45, 2.75) is 32.7 Å². The Kier molecular flexibility index (Phi) is 3.23. The molecule has 18 heavy (non-hydrogen) atoms. The minimum absolute atomic E-state index is 0.555. The van der Waals surface area contributed by atoms with Crippen LogP contribution in [0.25, 0.3) is 0 Å². The highest BCUT2D eigenvalue weighted by molar-refractivity contribution is 9.10. The van der Waals surface area contributed by atoms with E-state index in [1.54, 1.807) is 0 Å². The van der Waals surface area contributed by atoms with E-state index in [-0.39, 0.29) is 0 Å². The van der Waals surface area contributed by atoms with Crippen LogP contribution in [0.1, 0.15) is 25.3 Å². The lowest BCUT2D eigenvalue weighted by atomic mass is 9.87. The van der Waals surface area contributed by atoms with Crippen molar-refractivity contribution >= 4 is 21.6 Å². The van der Waals surface area contributed by atoms with Gasteiger partial charge in [-0.15, -0.1) is 0 Å². The van der Waals surface area contributed by atoms with Gasteiger partial charge in [0.15, 0.2) is 0 Å². The molecule has 1 aromatic rings. The molecule has 0 aliphatic heterocycles. The lowest BCUT2D eigenvalue weighted by Gasteiger charge is -2.27. The van der Waals surface area contributed by atoms with Gasteiger partial charge in [-0.2, -0.15) is 0 Å². The van der Waals surface area contributed by atoms with Crippen molar-refractivity contribution in [1.82, 2.24) is 0 Å². The van der Waals surface area contributed by atoms with Crippen molar-refractivity contribution in [2.24, 2.45) is 17.8 Å². The zero-order valence-electron chi connectivity index (χ0n) is 11.0. The van der Waals surface area contributed by atoms with Gasteiger partial charge in [0.2, 0.25) is 0 Å². The number of nitrogens with one attached hydrogen (secondary N) is 1. The molecule has 2 bridgehead atoms. The van der Waals surface area contributed by atoms with E-state index in [0.717, 1.165) is 17.8 Å². The number of anilines is 1. The molecule has 0 amide bonds. The van der Waals surface area contributed by atoms with E-state index in [4.69, 9.17) is 0 Å². The molecule has 1 N–H and O–H groups in total. The summed E-state index contributed by atoms with van der Waals surface area (Å²) in [5.41, 5.74) is 2.52. The Hall–Kier alpha value is -0.760. The lowest BCUT2D eigenvalue weighted by molar-refractivity contribution is 0.400. The topological polar surface area (TPSA) is 12.0 Å². The van der Waals surface area contributed by atoms with Crippen LogP contribution in [-0.4, -0.2) is 6.04 Å². The van der Waals surface area contributed by atoms with Gasteiger partial charge < -0.3 is 5.32 Å². The van der Waals surface area contributed by atoms with Crippen molar-refractivity contribution in [3.05, 3.63) is 40.4 Å². The van der Waals surface area contributed by atoms with Crippen molar-refractivity contribution < 1.29 is 0 Å². The second-order valence-corrected chi connectivity index (χ2v) is 6.70. The van der Waals surface area contributed by atoms with Crippen molar-refractivity contribution in [2.75, 3.05) is 5.32 Å². The monoisotopic (exact) mass is 305 g/mol. The van der Waals surface area contributed by atoms with Gasteiger partial charge in [0.1, 0.15) is 0 Å². The number of fused-ring (bicyclic) bond motifs is 2. The number of halogens is 1. The molecule has 96 valence electrons. The quantitative estimate of drug-likeness (QED) is 0.793. The molecule has 0 aromatic heterocycles. The van der Waals surface area contributed by atoms with E-state index in [0.29, 0.717) is 6.04 Å². The van der Waals surface area contributed by atoms with Crippen molar-refractivity contribution in [3.8, 4) is 0 Å². The number of benzene rings is 1. The molecule has 0 heterocycles. The fourth-order valence-corrected chi connectivity index (χ4v) is 3.83. The molecule has 2 aliphatic carbocycles. The summed E-state index contributed by atoms with van der Waals surface area (Å²) in [6, 6.07) is 7.09. The van der Waals surface area contributed by atoms with Gasteiger partial charge in [-0.3, -0.25) is 0 Å². The highest BCUT2D eigenvalue weighted by atomic mass is 79.9. The van der Waals surface area contributed by atoms with Crippen LogP contribution in [0.5, 0.6) is 0 Å². The van der Waals surface area contributed by atoms with Crippen LogP contribution >= 0.6 is 15.9 Å². The maximum Gasteiger partial charge on any atom is 0.0353 e. The summed E-state index contributed by atoms with van der Waals surface area (Å²) >= 11 is 3.60. The van der Waals surface area contributed by atoms with Gasteiger partial charge >= 0.3 is 0 Å². The SMILES string of the molecule is Cc1ccc(NC(C)C2CC3C=CC2C3)cc1Br. The number of aryl methyl sites for hydroxylation is 1. The maximum absolute atomic E-state index is 3.67. The fourth-order valence-electron chi connectivity index (χ4n) is 3.45. The Labute approximate surface area is 118 Å². The minimum atomic E-state index is 0.555. The summed E-state index contributed by atoms with van der Waals surface area (Å²) in [7, 11) is 0. The Morgan fingerprint density at radius 3 is 2.72 bits per heavy atom. The van der Waals surface area contributed by atoms with Crippen molar-refractivity contribution in [3.63, 3.8) is 0 Å². The summed E-state index contributed by atoms with van der Waals surface area (Å²) in [5, 5.41) is 3.67. The van der Waals surface area contributed by atoms with E-state index in [1.165, 1.54) is 28.6 Å². The van der Waals surface area contributed by atoms with Gasteiger partial charge in [-0.05, 0) is 62.1 Å². The number of hydrogen-bond acceptors (Lipinski definition) is 1. The van der Waals surface area contributed by atoms with E-state index in [9.17, 15) is 0 Å². The zero-order valence-corrected chi connectivity index (χ0v) is 12.6. The summed E-state index contributed by atoms with van der Waals surface area (Å²) in [6.45, 7) is 4.45. The third kappa shape index (κ3) is 2.23. The first-order valence-electron chi connectivity index (χ1n) is 6.84. The van der Waals surface area contributed by atoms with E-state index >= 15 is 0 Å². The summed E-state index contributed by atoms with van der Waals surface area (Å²) in [6.07, 6.45) is 7.59. The first-order chi connectivity index (χ1) is 8.63. The molecule has 2 aliphatic rings.